The van der Waals surface area contributed by atoms with E-state index in [9.17, 15) is 9.59 Å². The number of hydrogen-bond donors (Lipinski definition) is 1. The highest BCUT2D eigenvalue weighted by Crippen LogP contribution is 2.12. The molecule has 1 aromatic carbocycles. The quantitative estimate of drug-likeness (QED) is 0.679. The lowest BCUT2D eigenvalue weighted by molar-refractivity contribution is -0.116. The van der Waals surface area contributed by atoms with E-state index in [-0.39, 0.29) is 18.4 Å². The summed E-state index contributed by atoms with van der Waals surface area (Å²) < 4.78 is 0. The van der Waals surface area contributed by atoms with Gasteiger partial charge in [0.25, 0.3) is 5.91 Å². The number of nitrogens with zero attached hydrogens (tertiary/aromatic N) is 3. The van der Waals surface area contributed by atoms with Gasteiger partial charge in [-0.05, 0) is 44.6 Å². The van der Waals surface area contributed by atoms with Crippen molar-refractivity contribution in [2.24, 2.45) is 0 Å². The van der Waals surface area contributed by atoms with Crippen LogP contribution in [0.3, 0.4) is 0 Å². The van der Waals surface area contributed by atoms with Crippen molar-refractivity contribution in [2.75, 3.05) is 39.0 Å². The fourth-order valence-electron chi connectivity index (χ4n) is 2.57. The van der Waals surface area contributed by atoms with E-state index in [0.29, 0.717) is 23.8 Å². The number of likely N-dealkylation sites (N-methyl/N-ethyl adjacent to an activating group) is 1. The Morgan fingerprint density at radius 2 is 1.89 bits per heavy atom. The van der Waals surface area contributed by atoms with Crippen molar-refractivity contribution in [2.45, 2.75) is 26.2 Å². The van der Waals surface area contributed by atoms with Crippen molar-refractivity contribution >= 4 is 28.3 Å². The van der Waals surface area contributed by atoms with Crippen LogP contribution in [-0.4, -0.2) is 60.3 Å². The molecule has 0 fully saturated rings. The third kappa shape index (κ3) is 7.11. The molecule has 1 N–H and O–H groups in total. The SMILES string of the molecule is CCCCc1ccc(C(=O)N(CCN(C)C)CC(=O)Nc2nccs2)cc1. The average molecular weight is 389 g/mol. The van der Waals surface area contributed by atoms with E-state index in [1.54, 1.807) is 16.5 Å². The molecule has 0 aliphatic heterocycles. The maximum absolute atomic E-state index is 12.9. The second-order valence-electron chi connectivity index (χ2n) is 6.72. The fourth-order valence-corrected chi connectivity index (χ4v) is 3.11. The molecule has 2 rings (SSSR count). The molecular formula is C20H28N4O2S. The lowest BCUT2D eigenvalue weighted by atomic mass is 10.1. The van der Waals surface area contributed by atoms with Crippen LogP contribution < -0.4 is 5.32 Å². The molecule has 7 heteroatoms. The molecule has 0 unspecified atom stereocenters. The second kappa shape index (κ2) is 10.8. The van der Waals surface area contributed by atoms with Crippen molar-refractivity contribution in [3.8, 4) is 0 Å². The molecule has 2 amide bonds. The fraction of sp³-hybridized carbons (Fsp3) is 0.450. The molecule has 0 bridgehead atoms. The highest BCUT2D eigenvalue weighted by Gasteiger charge is 2.19. The van der Waals surface area contributed by atoms with Gasteiger partial charge in [0, 0.05) is 30.2 Å². The van der Waals surface area contributed by atoms with Crippen LogP contribution in [0.4, 0.5) is 5.13 Å². The molecule has 6 nitrogen and oxygen atoms in total. The van der Waals surface area contributed by atoms with Crippen LogP contribution in [0.25, 0.3) is 0 Å². The van der Waals surface area contributed by atoms with Crippen LogP contribution in [0.15, 0.2) is 35.8 Å². The molecule has 0 spiro atoms. The topological polar surface area (TPSA) is 65.5 Å². The van der Waals surface area contributed by atoms with E-state index in [1.165, 1.54) is 16.9 Å². The zero-order chi connectivity index (χ0) is 19.6. The molecule has 27 heavy (non-hydrogen) atoms. The van der Waals surface area contributed by atoms with Crippen molar-refractivity contribution in [3.05, 3.63) is 47.0 Å². The normalized spacial score (nSPS) is 10.8. The Morgan fingerprint density at radius 3 is 2.48 bits per heavy atom. The Hall–Kier alpha value is -2.25. The van der Waals surface area contributed by atoms with Gasteiger partial charge in [0.15, 0.2) is 5.13 Å². The van der Waals surface area contributed by atoms with E-state index < -0.39 is 0 Å². The largest absolute Gasteiger partial charge is 0.328 e. The standard InChI is InChI=1S/C20H28N4O2S/c1-4-5-6-16-7-9-17(10-8-16)19(26)24(13-12-23(2)3)15-18(25)22-20-21-11-14-27-20/h7-11,14H,4-6,12-13,15H2,1-3H3,(H,21,22,25). The molecule has 0 saturated heterocycles. The minimum Gasteiger partial charge on any atom is -0.328 e. The summed E-state index contributed by atoms with van der Waals surface area (Å²) in [6.07, 6.45) is 4.94. The van der Waals surface area contributed by atoms with Gasteiger partial charge >= 0.3 is 0 Å². The summed E-state index contributed by atoms with van der Waals surface area (Å²) in [6.45, 7) is 3.33. The number of carbonyl (C=O) groups excluding carboxylic acids is 2. The number of aromatic nitrogens is 1. The number of carbonyl (C=O) groups is 2. The molecule has 1 heterocycles. The van der Waals surface area contributed by atoms with E-state index in [4.69, 9.17) is 0 Å². The lowest BCUT2D eigenvalue weighted by Gasteiger charge is -2.24. The smallest absolute Gasteiger partial charge is 0.254 e. The third-order valence-electron chi connectivity index (χ3n) is 4.14. The Labute approximate surface area is 165 Å². The number of nitrogens with one attached hydrogen (secondary N) is 1. The monoisotopic (exact) mass is 388 g/mol. The summed E-state index contributed by atoms with van der Waals surface area (Å²) in [5, 5.41) is 5.08. The summed E-state index contributed by atoms with van der Waals surface area (Å²) in [7, 11) is 3.89. The Morgan fingerprint density at radius 1 is 1.15 bits per heavy atom. The minimum atomic E-state index is -0.239. The average Bonchev–Trinajstić information content (AvgIpc) is 3.16. The van der Waals surface area contributed by atoms with Crippen LogP contribution >= 0.6 is 11.3 Å². The minimum absolute atomic E-state index is 0.00381. The number of hydrogen-bond acceptors (Lipinski definition) is 5. The molecule has 0 atom stereocenters. The molecule has 0 aliphatic carbocycles. The molecule has 0 aliphatic rings. The van der Waals surface area contributed by atoms with Gasteiger partial charge in [0.2, 0.25) is 5.91 Å². The zero-order valence-corrected chi connectivity index (χ0v) is 17.1. The van der Waals surface area contributed by atoms with Crippen molar-refractivity contribution in [3.63, 3.8) is 0 Å². The predicted octanol–water partition coefficient (Wildman–Crippen LogP) is 3.13. The van der Waals surface area contributed by atoms with Crippen LogP contribution in [0, 0.1) is 0 Å². The van der Waals surface area contributed by atoms with Gasteiger partial charge in [0.05, 0.1) is 0 Å². The van der Waals surface area contributed by atoms with Crippen molar-refractivity contribution in [1.82, 2.24) is 14.8 Å². The summed E-state index contributed by atoms with van der Waals surface area (Å²) in [6, 6.07) is 7.72. The van der Waals surface area contributed by atoms with Gasteiger partial charge in [-0.3, -0.25) is 9.59 Å². The van der Waals surface area contributed by atoms with E-state index in [0.717, 1.165) is 19.3 Å². The first-order valence-corrected chi connectivity index (χ1v) is 10.1. The summed E-state index contributed by atoms with van der Waals surface area (Å²) >= 11 is 1.35. The van der Waals surface area contributed by atoms with E-state index in [2.05, 4.69) is 17.2 Å². The van der Waals surface area contributed by atoms with Gasteiger partial charge < -0.3 is 15.1 Å². The van der Waals surface area contributed by atoms with Crippen molar-refractivity contribution in [1.29, 1.82) is 0 Å². The first-order chi connectivity index (χ1) is 13.0. The Kier molecular flexibility index (Phi) is 8.42. The number of aryl methyl sites for hydroxylation is 1. The lowest BCUT2D eigenvalue weighted by Crippen LogP contribution is -2.41. The van der Waals surface area contributed by atoms with Crippen LogP contribution in [0.5, 0.6) is 0 Å². The van der Waals surface area contributed by atoms with Crippen LogP contribution in [0.2, 0.25) is 0 Å². The van der Waals surface area contributed by atoms with Gasteiger partial charge in [-0.2, -0.15) is 0 Å². The summed E-state index contributed by atoms with van der Waals surface area (Å²) in [4.78, 5) is 32.9. The first kappa shape index (κ1) is 21.1. The highest BCUT2D eigenvalue weighted by atomic mass is 32.1. The van der Waals surface area contributed by atoms with Crippen LogP contribution in [-0.2, 0) is 11.2 Å². The van der Waals surface area contributed by atoms with Gasteiger partial charge in [-0.25, -0.2) is 4.98 Å². The number of unbranched alkanes of at least 4 members (excludes halogenated alkanes) is 1. The number of benzene rings is 1. The van der Waals surface area contributed by atoms with Gasteiger partial charge in [-0.1, -0.05) is 25.5 Å². The molecule has 2 aromatic rings. The molecule has 0 radical (unpaired) electrons. The maximum Gasteiger partial charge on any atom is 0.254 e. The molecule has 146 valence electrons. The third-order valence-corrected chi connectivity index (χ3v) is 4.83. The summed E-state index contributed by atoms with van der Waals surface area (Å²) in [5.74, 6) is -0.371. The molecular weight excluding hydrogens is 360 g/mol. The van der Waals surface area contributed by atoms with E-state index in [1.807, 2.05) is 43.3 Å². The number of rotatable bonds is 10. The molecule has 0 saturated carbocycles. The predicted molar refractivity (Wildman–Crippen MR) is 110 cm³/mol. The van der Waals surface area contributed by atoms with Crippen molar-refractivity contribution < 1.29 is 9.59 Å². The Bertz CT molecular complexity index is 714. The van der Waals surface area contributed by atoms with E-state index >= 15 is 0 Å². The van der Waals surface area contributed by atoms with Gasteiger partial charge in [0.1, 0.15) is 6.54 Å². The number of thiazole rings is 1. The highest BCUT2D eigenvalue weighted by molar-refractivity contribution is 7.13. The number of anilines is 1. The van der Waals surface area contributed by atoms with Crippen LogP contribution in [0.1, 0.15) is 35.7 Å². The number of amides is 2. The first-order valence-electron chi connectivity index (χ1n) is 9.22. The maximum atomic E-state index is 12.9. The molecule has 1 aromatic heterocycles. The Balaban J connectivity index is 2.04. The summed E-state index contributed by atoms with van der Waals surface area (Å²) in [5.41, 5.74) is 1.84. The second-order valence-corrected chi connectivity index (χ2v) is 7.61. The van der Waals surface area contributed by atoms with Gasteiger partial charge in [-0.15, -0.1) is 11.3 Å². The zero-order valence-electron chi connectivity index (χ0n) is 16.3.